The fourth-order valence-corrected chi connectivity index (χ4v) is 11.8. The van der Waals surface area contributed by atoms with Crippen molar-refractivity contribution in [2.45, 2.75) is 58.0 Å². The molecule has 2 heterocycles. The summed E-state index contributed by atoms with van der Waals surface area (Å²) in [5, 5.41) is 2.80. The Morgan fingerprint density at radius 3 is 1.56 bits per heavy atom. The monoisotopic (exact) mass is 563 g/mol. The summed E-state index contributed by atoms with van der Waals surface area (Å²) in [6, 6.07) is 13.3. The number of nitrogens with zero attached hydrogens (tertiary/aromatic N) is 1. The molecule has 1 amide bonds. The maximum Gasteiger partial charge on any atom is 0.411 e. The Morgan fingerprint density at radius 2 is 1.18 bits per heavy atom. The normalized spacial score (nSPS) is 23.1. The molecule has 0 radical (unpaired) electrons. The van der Waals surface area contributed by atoms with Crippen molar-refractivity contribution >= 4 is 44.6 Å². The van der Waals surface area contributed by atoms with Gasteiger partial charge in [0.2, 0.25) is 0 Å². The minimum absolute atomic E-state index is 0.142. The molecule has 7 nitrogen and oxygen atoms in total. The van der Waals surface area contributed by atoms with Gasteiger partial charge in [0.05, 0.1) is 53.6 Å². The van der Waals surface area contributed by atoms with E-state index in [0.29, 0.717) is 11.1 Å². The first-order valence-electron chi connectivity index (χ1n) is 13.4. The highest BCUT2D eigenvalue weighted by molar-refractivity contribution is 6.98. The van der Waals surface area contributed by atoms with E-state index in [4.69, 9.17) is 14.2 Å². The van der Waals surface area contributed by atoms with Crippen LogP contribution in [0.2, 0.25) is 39.3 Å². The third-order valence-electron chi connectivity index (χ3n) is 8.33. The third-order valence-corrected chi connectivity index (χ3v) is 12.6. The minimum Gasteiger partial charge on any atom is -0.466 e. The molecule has 0 aromatic heterocycles. The first-order chi connectivity index (χ1) is 18.3. The summed E-state index contributed by atoms with van der Waals surface area (Å²) in [7, 11) is -0.869. The Labute approximate surface area is 232 Å². The number of carbonyl (C=O) groups is 3. The number of rotatable bonds is 6. The SMILES string of the molecule is COC(=O)C1=C(C(=O)OC)[C@H]2[C@@H]1[C@@H]1c3cc([Si](C)(C)C)c([Si](C)(C)C)cc3[C@H]2N1C(=O)OCc1ccccc1. The van der Waals surface area contributed by atoms with Crippen molar-refractivity contribution in [2.24, 2.45) is 11.8 Å². The molecule has 4 atom stereocenters. The molecule has 2 bridgehead atoms. The van der Waals surface area contributed by atoms with E-state index in [0.717, 1.165) is 16.7 Å². The van der Waals surface area contributed by atoms with Gasteiger partial charge in [-0.2, -0.15) is 0 Å². The summed E-state index contributed by atoms with van der Waals surface area (Å²) in [6.45, 7) is 14.2. The van der Waals surface area contributed by atoms with E-state index >= 15 is 0 Å². The zero-order valence-electron chi connectivity index (χ0n) is 24.0. The van der Waals surface area contributed by atoms with Crippen molar-refractivity contribution in [3.63, 3.8) is 0 Å². The van der Waals surface area contributed by atoms with E-state index in [1.165, 1.54) is 24.6 Å². The van der Waals surface area contributed by atoms with Crippen LogP contribution >= 0.6 is 0 Å². The summed E-state index contributed by atoms with van der Waals surface area (Å²) in [6.07, 6.45) is -0.447. The fourth-order valence-electron chi connectivity index (χ4n) is 6.66. The van der Waals surface area contributed by atoms with Crippen molar-refractivity contribution in [3.05, 3.63) is 70.3 Å². The Kier molecular flexibility index (Phi) is 6.66. The predicted molar refractivity (Wildman–Crippen MR) is 154 cm³/mol. The van der Waals surface area contributed by atoms with Crippen LogP contribution in [0.25, 0.3) is 0 Å². The summed E-state index contributed by atoms with van der Waals surface area (Å²) in [5.74, 6) is -1.79. The van der Waals surface area contributed by atoms with Gasteiger partial charge in [0.1, 0.15) is 6.61 Å². The zero-order chi connectivity index (χ0) is 28.4. The zero-order valence-corrected chi connectivity index (χ0v) is 26.0. The first kappa shape index (κ1) is 27.4. The van der Waals surface area contributed by atoms with Gasteiger partial charge in [-0.3, -0.25) is 4.90 Å². The van der Waals surface area contributed by atoms with Crippen LogP contribution in [0.3, 0.4) is 0 Å². The van der Waals surface area contributed by atoms with Crippen molar-refractivity contribution in [2.75, 3.05) is 14.2 Å². The largest absolute Gasteiger partial charge is 0.466 e. The second-order valence-corrected chi connectivity index (χ2v) is 22.8. The van der Waals surface area contributed by atoms with E-state index < -0.39 is 46.3 Å². The number of esters is 2. The molecule has 39 heavy (non-hydrogen) atoms. The van der Waals surface area contributed by atoms with Crippen molar-refractivity contribution in [1.82, 2.24) is 4.90 Å². The molecule has 2 aromatic rings. The van der Waals surface area contributed by atoms with Gasteiger partial charge in [0, 0.05) is 11.8 Å². The Bertz CT molecular complexity index is 1310. The summed E-state index contributed by atoms with van der Waals surface area (Å²) < 4.78 is 16.0. The number of carbonyl (C=O) groups excluding carboxylic acids is 3. The molecule has 9 heteroatoms. The average Bonchev–Trinajstić information content (AvgIpc) is 3.33. The fraction of sp³-hybridized carbons (Fsp3) is 0.433. The maximum absolute atomic E-state index is 13.8. The van der Waals surface area contributed by atoms with Crippen LogP contribution in [0.1, 0.15) is 28.8 Å². The number of hydrogen-bond acceptors (Lipinski definition) is 6. The lowest BCUT2D eigenvalue weighted by molar-refractivity contribution is -0.142. The quantitative estimate of drug-likeness (QED) is 0.294. The molecule has 2 aliphatic heterocycles. The molecule has 2 aromatic carbocycles. The second kappa shape index (κ2) is 9.48. The third kappa shape index (κ3) is 4.26. The highest BCUT2D eigenvalue weighted by atomic mass is 28.3. The average molecular weight is 564 g/mol. The molecule has 3 aliphatic rings. The lowest BCUT2D eigenvalue weighted by atomic mass is 9.60. The number of ether oxygens (including phenoxy) is 3. The molecule has 1 fully saturated rings. The number of hydrogen-bond donors (Lipinski definition) is 0. The molecular formula is C30H37NO6Si2. The molecule has 0 spiro atoms. The molecule has 0 saturated carbocycles. The molecular weight excluding hydrogens is 527 g/mol. The van der Waals surface area contributed by atoms with E-state index in [1.54, 1.807) is 4.90 Å². The summed E-state index contributed by atoms with van der Waals surface area (Å²) in [5.41, 5.74) is 3.64. The van der Waals surface area contributed by atoms with Crippen molar-refractivity contribution in [3.8, 4) is 0 Å². The predicted octanol–water partition coefficient (Wildman–Crippen LogP) is 4.41. The van der Waals surface area contributed by atoms with Gasteiger partial charge in [-0.25, -0.2) is 14.4 Å². The van der Waals surface area contributed by atoms with Crippen LogP contribution in [0.4, 0.5) is 4.79 Å². The Morgan fingerprint density at radius 1 is 0.744 bits per heavy atom. The van der Waals surface area contributed by atoms with Gasteiger partial charge in [-0.1, -0.05) is 92.1 Å². The van der Waals surface area contributed by atoms with E-state index in [-0.39, 0.29) is 18.4 Å². The highest BCUT2D eigenvalue weighted by Gasteiger charge is 2.68. The van der Waals surface area contributed by atoms with Crippen LogP contribution < -0.4 is 10.4 Å². The highest BCUT2D eigenvalue weighted by Crippen LogP contribution is 2.68. The molecule has 206 valence electrons. The van der Waals surface area contributed by atoms with Gasteiger partial charge in [-0.15, -0.1) is 0 Å². The second-order valence-electron chi connectivity index (χ2n) is 12.7. The van der Waals surface area contributed by atoms with E-state index in [2.05, 4.69) is 51.4 Å². The molecule has 1 saturated heterocycles. The van der Waals surface area contributed by atoms with Gasteiger partial charge in [0.15, 0.2) is 0 Å². The number of benzene rings is 2. The minimum atomic E-state index is -1.75. The van der Waals surface area contributed by atoms with Crippen LogP contribution in [0, 0.1) is 11.8 Å². The van der Waals surface area contributed by atoms with Gasteiger partial charge in [-0.05, 0) is 16.7 Å². The van der Waals surface area contributed by atoms with Crippen molar-refractivity contribution in [1.29, 1.82) is 0 Å². The lowest BCUT2D eigenvalue weighted by Crippen LogP contribution is -2.57. The topological polar surface area (TPSA) is 82.1 Å². The van der Waals surface area contributed by atoms with Crippen LogP contribution in [0.5, 0.6) is 0 Å². The van der Waals surface area contributed by atoms with Crippen LogP contribution in [-0.2, 0) is 30.4 Å². The molecule has 0 N–H and O–H groups in total. The summed E-state index contributed by atoms with van der Waals surface area (Å²) >= 11 is 0. The Balaban J connectivity index is 1.65. The van der Waals surface area contributed by atoms with Gasteiger partial charge < -0.3 is 14.2 Å². The number of fused-ring (bicyclic) bond motifs is 8. The standard InChI is InChI=1S/C30H37NO6Si2/c1-35-28(32)24-22-23(25(24)29(33)36-2)27-19-15-21(39(6,7)8)20(38(3,4)5)14-18(19)26(22)31(27)30(34)37-16-17-12-10-9-11-13-17/h9-15,22-23,26-27H,16H2,1-8H3/t22-,23+,26-,27+. The summed E-state index contributed by atoms with van der Waals surface area (Å²) in [4.78, 5) is 41.4. The number of methoxy groups -OCH3 is 2. The lowest BCUT2D eigenvalue weighted by Gasteiger charge is -2.41. The maximum atomic E-state index is 13.8. The van der Waals surface area contributed by atoms with Gasteiger partial charge in [0.25, 0.3) is 0 Å². The van der Waals surface area contributed by atoms with E-state index in [9.17, 15) is 14.4 Å². The molecule has 0 unspecified atom stereocenters. The van der Waals surface area contributed by atoms with Gasteiger partial charge >= 0.3 is 18.0 Å². The Hall–Kier alpha value is -3.18. The smallest absolute Gasteiger partial charge is 0.411 e. The van der Waals surface area contributed by atoms with Crippen LogP contribution in [0.15, 0.2) is 53.6 Å². The molecule has 5 rings (SSSR count). The number of amides is 1. The molecule has 1 aliphatic carbocycles. The van der Waals surface area contributed by atoms with Crippen LogP contribution in [-0.4, -0.2) is 53.3 Å². The van der Waals surface area contributed by atoms with Crippen molar-refractivity contribution < 1.29 is 28.6 Å². The van der Waals surface area contributed by atoms with E-state index in [1.807, 2.05) is 30.3 Å². The first-order valence-corrected chi connectivity index (χ1v) is 20.4.